The van der Waals surface area contributed by atoms with Crippen molar-refractivity contribution in [2.75, 3.05) is 13.1 Å². The van der Waals surface area contributed by atoms with E-state index in [2.05, 4.69) is 41.9 Å². The predicted molar refractivity (Wildman–Crippen MR) is 120 cm³/mol. The number of aromatic nitrogens is 1. The van der Waals surface area contributed by atoms with Crippen LogP contribution in [0.15, 0.2) is 75.2 Å². The molecule has 1 aromatic heterocycles. The van der Waals surface area contributed by atoms with Gasteiger partial charge in [-0.2, -0.15) is 0 Å². The van der Waals surface area contributed by atoms with Crippen LogP contribution >= 0.6 is 15.9 Å². The number of nitrogens with zero attached hydrogens (tertiary/aromatic N) is 1. The van der Waals surface area contributed by atoms with Gasteiger partial charge in [-0.05, 0) is 35.4 Å². The van der Waals surface area contributed by atoms with Gasteiger partial charge in [0.05, 0.1) is 5.57 Å². The average molecular weight is 469 g/mol. The standard InChI is InChI=1S/C21H21BrN6O2/c22-16-5-3-14(4-6-16)10-15-12-27-19(28-13-15)17(11-23)20(29)25-8-9-26-21(30)18-2-1-7-24-18/h1-7,11-13,23-24,27H,8-10H2,(H,25,29)(H,26,30)/b19-17-,23-11?. The van der Waals surface area contributed by atoms with Gasteiger partial charge in [0.1, 0.15) is 11.5 Å². The zero-order chi connectivity index (χ0) is 21.3. The van der Waals surface area contributed by atoms with Crippen LogP contribution in [-0.2, 0) is 11.2 Å². The van der Waals surface area contributed by atoms with E-state index in [4.69, 9.17) is 5.41 Å². The Morgan fingerprint density at radius 2 is 1.90 bits per heavy atom. The van der Waals surface area contributed by atoms with Gasteiger partial charge in [0.15, 0.2) is 0 Å². The minimum absolute atomic E-state index is 0.112. The number of carbonyl (C=O) groups excluding carboxylic acids is 2. The van der Waals surface area contributed by atoms with E-state index >= 15 is 0 Å². The van der Waals surface area contributed by atoms with Gasteiger partial charge in [-0.15, -0.1) is 0 Å². The maximum absolute atomic E-state index is 12.4. The number of allylic oxidation sites excluding steroid dienone is 1. The van der Waals surface area contributed by atoms with Crippen molar-refractivity contribution in [3.8, 4) is 0 Å². The maximum atomic E-state index is 12.4. The number of halogens is 1. The number of rotatable bonds is 8. The monoisotopic (exact) mass is 468 g/mol. The second kappa shape index (κ2) is 10.4. The lowest BCUT2D eigenvalue weighted by Gasteiger charge is -2.14. The molecule has 5 N–H and O–H groups in total. The summed E-state index contributed by atoms with van der Waals surface area (Å²) in [5.41, 5.74) is 2.66. The fourth-order valence-electron chi connectivity index (χ4n) is 2.72. The summed E-state index contributed by atoms with van der Waals surface area (Å²) in [5, 5.41) is 15.9. The summed E-state index contributed by atoms with van der Waals surface area (Å²) < 4.78 is 1.02. The lowest BCUT2D eigenvalue weighted by atomic mass is 10.1. The SMILES string of the molecule is N=C/C(C(=O)NCCNC(=O)c1ccc[nH]1)=C1/N=CC(Cc2ccc(Br)cc2)=CN1. The van der Waals surface area contributed by atoms with Gasteiger partial charge in [-0.3, -0.25) is 9.59 Å². The van der Waals surface area contributed by atoms with E-state index in [1.165, 1.54) is 0 Å². The Bertz CT molecular complexity index is 1010. The summed E-state index contributed by atoms with van der Waals surface area (Å²) >= 11 is 3.41. The van der Waals surface area contributed by atoms with Crippen molar-refractivity contribution < 1.29 is 9.59 Å². The number of hydrogen-bond donors (Lipinski definition) is 5. The molecule has 9 heteroatoms. The largest absolute Gasteiger partial charge is 0.357 e. The molecule has 0 fully saturated rings. The number of benzene rings is 1. The zero-order valence-electron chi connectivity index (χ0n) is 16.0. The molecule has 2 aromatic rings. The Morgan fingerprint density at radius 3 is 2.53 bits per heavy atom. The molecule has 1 aromatic carbocycles. The molecule has 0 aliphatic carbocycles. The third kappa shape index (κ3) is 5.77. The van der Waals surface area contributed by atoms with E-state index in [9.17, 15) is 9.59 Å². The van der Waals surface area contributed by atoms with Crippen LogP contribution in [0.25, 0.3) is 0 Å². The third-order valence-corrected chi connectivity index (χ3v) is 4.79. The molecule has 0 saturated carbocycles. The molecule has 30 heavy (non-hydrogen) atoms. The van der Waals surface area contributed by atoms with Crippen LogP contribution in [0.5, 0.6) is 0 Å². The van der Waals surface area contributed by atoms with E-state index in [1.807, 2.05) is 24.3 Å². The molecule has 1 aliphatic rings. The van der Waals surface area contributed by atoms with E-state index in [0.29, 0.717) is 17.9 Å². The van der Waals surface area contributed by atoms with Crippen molar-refractivity contribution in [3.63, 3.8) is 0 Å². The normalized spacial score (nSPS) is 14.4. The molecule has 1 aliphatic heterocycles. The van der Waals surface area contributed by atoms with Crippen molar-refractivity contribution in [3.05, 3.63) is 81.5 Å². The van der Waals surface area contributed by atoms with Crippen LogP contribution < -0.4 is 16.0 Å². The second-order valence-electron chi connectivity index (χ2n) is 6.43. The average Bonchev–Trinajstić information content (AvgIpc) is 3.29. The molecule has 0 atom stereocenters. The first-order valence-corrected chi connectivity index (χ1v) is 10.0. The van der Waals surface area contributed by atoms with Crippen LogP contribution in [0.3, 0.4) is 0 Å². The summed E-state index contributed by atoms with van der Waals surface area (Å²) in [4.78, 5) is 31.3. The third-order valence-electron chi connectivity index (χ3n) is 4.26. The molecule has 8 nitrogen and oxygen atoms in total. The Kier molecular flexibility index (Phi) is 7.34. The van der Waals surface area contributed by atoms with Crippen molar-refractivity contribution in [2.24, 2.45) is 4.99 Å². The Morgan fingerprint density at radius 1 is 1.13 bits per heavy atom. The first-order valence-electron chi connectivity index (χ1n) is 9.25. The number of hydrogen-bond acceptors (Lipinski definition) is 5. The fourth-order valence-corrected chi connectivity index (χ4v) is 2.98. The van der Waals surface area contributed by atoms with Gasteiger partial charge in [-0.25, -0.2) is 4.99 Å². The molecular weight excluding hydrogens is 448 g/mol. The lowest BCUT2D eigenvalue weighted by Crippen LogP contribution is -2.36. The topological polar surface area (TPSA) is 122 Å². The highest BCUT2D eigenvalue weighted by Gasteiger charge is 2.15. The summed E-state index contributed by atoms with van der Waals surface area (Å²) in [5.74, 6) is -0.386. The van der Waals surface area contributed by atoms with Gasteiger partial charge in [0, 0.05) is 48.8 Å². The number of nitrogens with one attached hydrogen (secondary N) is 5. The van der Waals surface area contributed by atoms with Crippen molar-refractivity contribution in [1.82, 2.24) is 20.9 Å². The van der Waals surface area contributed by atoms with Gasteiger partial charge in [-0.1, -0.05) is 28.1 Å². The number of H-pyrrole nitrogens is 1. The molecule has 2 heterocycles. The highest BCUT2D eigenvalue weighted by molar-refractivity contribution is 9.10. The lowest BCUT2D eigenvalue weighted by molar-refractivity contribution is -0.117. The maximum Gasteiger partial charge on any atom is 0.267 e. The molecule has 0 unspecified atom stereocenters. The Hall–Kier alpha value is -3.46. The van der Waals surface area contributed by atoms with Crippen LogP contribution in [0, 0.1) is 5.41 Å². The quantitative estimate of drug-likeness (QED) is 0.232. The van der Waals surface area contributed by atoms with E-state index in [-0.39, 0.29) is 24.6 Å². The predicted octanol–water partition coefficient (Wildman–Crippen LogP) is 2.28. The molecule has 0 radical (unpaired) electrons. The summed E-state index contributed by atoms with van der Waals surface area (Å²) in [6.07, 6.45) is 6.78. The van der Waals surface area contributed by atoms with Crippen LogP contribution in [0.4, 0.5) is 0 Å². The van der Waals surface area contributed by atoms with Crippen molar-refractivity contribution >= 4 is 40.2 Å². The van der Waals surface area contributed by atoms with Gasteiger partial charge >= 0.3 is 0 Å². The highest BCUT2D eigenvalue weighted by atomic mass is 79.9. The van der Waals surface area contributed by atoms with Crippen LogP contribution in [-0.4, -0.2) is 42.3 Å². The van der Waals surface area contributed by atoms with E-state index in [0.717, 1.165) is 21.8 Å². The minimum Gasteiger partial charge on any atom is -0.357 e. The van der Waals surface area contributed by atoms with Crippen molar-refractivity contribution in [2.45, 2.75) is 6.42 Å². The summed E-state index contributed by atoms with van der Waals surface area (Å²) in [6.45, 7) is 0.489. The first kappa shape index (κ1) is 21.3. The van der Waals surface area contributed by atoms with Crippen LogP contribution in [0.2, 0.25) is 0 Å². The Balaban J connectivity index is 1.50. The Labute approximate surface area is 182 Å². The molecule has 0 bridgehead atoms. The van der Waals surface area contributed by atoms with E-state index in [1.54, 1.807) is 30.7 Å². The number of carbonyl (C=O) groups is 2. The van der Waals surface area contributed by atoms with Crippen molar-refractivity contribution in [1.29, 1.82) is 5.41 Å². The minimum atomic E-state index is -0.441. The van der Waals surface area contributed by atoms with E-state index < -0.39 is 5.91 Å². The summed E-state index contributed by atoms with van der Waals surface area (Å²) in [6, 6.07) is 11.4. The molecular formula is C21H21BrN6O2. The first-order chi connectivity index (χ1) is 14.6. The summed E-state index contributed by atoms with van der Waals surface area (Å²) in [7, 11) is 0. The van der Waals surface area contributed by atoms with Gasteiger partial charge < -0.3 is 26.3 Å². The van der Waals surface area contributed by atoms with Gasteiger partial charge in [0.2, 0.25) is 0 Å². The van der Waals surface area contributed by atoms with Crippen LogP contribution in [0.1, 0.15) is 16.1 Å². The molecule has 0 spiro atoms. The zero-order valence-corrected chi connectivity index (χ0v) is 17.6. The second-order valence-corrected chi connectivity index (χ2v) is 7.34. The molecule has 3 rings (SSSR count). The number of amides is 2. The molecule has 154 valence electrons. The smallest absolute Gasteiger partial charge is 0.267 e. The highest BCUT2D eigenvalue weighted by Crippen LogP contribution is 2.15. The van der Waals surface area contributed by atoms with Gasteiger partial charge in [0.25, 0.3) is 11.8 Å². The molecule has 0 saturated heterocycles. The molecule has 2 amide bonds. The number of aromatic amines is 1. The fraction of sp³-hybridized carbons (Fsp3) is 0.143. The number of aliphatic imine (C=N–C) groups is 1.